The molecule has 4 rings (SSSR count). The number of urea groups is 1. The second kappa shape index (κ2) is 7.18. The molecule has 6 nitrogen and oxygen atoms in total. The van der Waals surface area contributed by atoms with Gasteiger partial charge in [0.15, 0.2) is 5.82 Å². The van der Waals surface area contributed by atoms with Crippen molar-refractivity contribution in [2.45, 2.75) is 64.0 Å². The number of rotatable bonds is 2. The second-order valence-electron chi connectivity index (χ2n) is 7.86. The molecule has 2 amide bonds. The fourth-order valence-electron chi connectivity index (χ4n) is 4.78. The van der Waals surface area contributed by atoms with Crippen molar-refractivity contribution < 1.29 is 4.79 Å². The Labute approximate surface area is 150 Å². The van der Waals surface area contributed by atoms with E-state index in [2.05, 4.69) is 25.3 Å². The molecule has 2 aliphatic heterocycles. The van der Waals surface area contributed by atoms with Crippen molar-refractivity contribution in [3.8, 4) is 0 Å². The van der Waals surface area contributed by atoms with E-state index in [1.54, 1.807) is 0 Å². The minimum absolute atomic E-state index is 0.149. The molecule has 3 atom stereocenters. The first-order valence-corrected chi connectivity index (χ1v) is 9.83. The van der Waals surface area contributed by atoms with Crippen LogP contribution in [-0.4, -0.2) is 52.8 Å². The van der Waals surface area contributed by atoms with Gasteiger partial charge in [0.2, 0.25) is 0 Å². The first-order chi connectivity index (χ1) is 12.2. The van der Waals surface area contributed by atoms with Crippen molar-refractivity contribution in [2.75, 3.05) is 24.5 Å². The zero-order valence-corrected chi connectivity index (χ0v) is 15.2. The first kappa shape index (κ1) is 16.6. The largest absolute Gasteiger partial charge is 0.353 e. The third-order valence-electron chi connectivity index (χ3n) is 6.13. The number of nitrogens with one attached hydrogen (secondary N) is 1. The molecule has 0 bridgehead atoms. The lowest BCUT2D eigenvalue weighted by Crippen LogP contribution is -2.53. The van der Waals surface area contributed by atoms with E-state index in [4.69, 9.17) is 0 Å². The summed E-state index contributed by atoms with van der Waals surface area (Å²) in [6, 6.07) is 4.86. The Morgan fingerprint density at radius 3 is 2.80 bits per heavy atom. The van der Waals surface area contributed by atoms with Crippen molar-refractivity contribution in [3.05, 3.63) is 17.8 Å². The highest BCUT2D eigenvalue weighted by Crippen LogP contribution is 2.36. The summed E-state index contributed by atoms with van der Waals surface area (Å²) in [5.74, 6) is 1.66. The number of aryl methyl sites for hydroxylation is 1. The SMILES string of the molecule is Cc1ccc(N2CCCC(NC(=O)N3CC[C@H]4CCCC[C@H]43)C2)nn1. The molecule has 1 N–H and O–H groups in total. The molecule has 1 unspecified atom stereocenters. The number of carbonyl (C=O) groups excluding carboxylic acids is 1. The summed E-state index contributed by atoms with van der Waals surface area (Å²) in [6.45, 7) is 4.69. The number of hydrogen-bond donors (Lipinski definition) is 1. The number of amides is 2. The van der Waals surface area contributed by atoms with Crippen LogP contribution < -0.4 is 10.2 Å². The zero-order valence-electron chi connectivity index (χ0n) is 15.2. The normalized spacial score (nSPS) is 29.4. The van der Waals surface area contributed by atoms with Gasteiger partial charge in [-0.2, -0.15) is 5.10 Å². The van der Waals surface area contributed by atoms with Crippen LogP contribution in [0.15, 0.2) is 12.1 Å². The molecule has 25 heavy (non-hydrogen) atoms. The van der Waals surface area contributed by atoms with Gasteiger partial charge < -0.3 is 15.1 Å². The van der Waals surface area contributed by atoms with Crippen LogP contribution in [0.4, 0.5) is 10.6 Å². The van der Waals surface area contributed by atoms with Crippen LogP contribution in [-0.2, 0) is 0 Å². The van der Waals surface area contributed by atoms with Gasteiger partial charge in [0.1, 0.15) is 0 Å². The molecule has 0 aromatic carbocycles. The van der Waals surface area contributed by atoms with Crippen LogP contribution >= 0.6 is 0 Å². The summed E-state index contributed by atoms with van der Waals surface area (Å²) in [7, 11) is 0. The summed E-state index contributed by atoms with van der Waals surface area (Å²) in [4.78, 5) is 17.2. The van der Waals surface area contributed by atoms with Gasteiger partial charge >= 0.3 is 6.03 Å². The highest BCUT2D eigenvalue weighted by atomic mass is 16.2. The van der Waals surface area contributed by atoms with Crippen LogP contribution in [0, 0.1) is 12.8 Å². The predicted molar refractivity (Wildman–Crippen MR) is 97.6 cm³/mol. The van der Waals surface area contributed by atoms with E-state index in [-0.39, 0.29) is 12.1 Å². The molecule has 3 heterocycles. The molecule has 136 valence electrons. The van der Waals surface area contributed by atoms with E-state index in [0.717, 1.165) is 49.9 Å². The monoisotopic (exact) mass is 343 g/mol. The highest BCUT2D eigenvalue weighted by Gasteiger charge is 2.38. The molecule has 3 aliphatic rings. The maximum absolute atomic E-state index is 12.8. The average molecular weight is 343 g/mol. The van der Waals surface area contributed by atoms with Gasteiger partial charge in [0.05, 0.1) is 5.69 Å². The van der Waals surface area contributed by atoms with Gasteiger partial charge in [-0.25, -0.2) is 4.79 Å². The zero-order chi connectivity index (χ0) is 17.2. The van der Waals surface area contributed by atoms with Crippen LogP contribution in [0.2, 0.25) is 0 Å². The van der Waals surface area contributed by atoms with Crippen molar-refractivity contribution in [1.29, 1.82) is 0 Å². The van der Waals surface area contributed by atoms with Gasteiger partial charge in [-0.3, -0.25) is 0 Å². The quantitative estimate of drug-likeness (QED) is 0.897. The number of carbonyl (C=O) groups is 1. The second-order valence-corrected chi connectivity index (χ2v) is 7.86. The average Bonchev–Trinajstić information content (AvgIpc) is 3.07. The van der Waals surface area contributed by atoms with E-state index >= 15 is 0 Å². The van der Waals surface area contributed by atoms with Crippen LogP contribution in [0.3, 0.4) is 0 Å². The number of piperidine rings is 1. The van der Waals surface area contributed by atoms with Gasteiger partial charge in [-0.1, -0.05) is 12.8 Å². The number of hydrogen-bond acceptors (Lipinski definition) is 4. The smallest absolute Gasteiger partial charge is 0.317 e. The number of anilines is 1. The lowest BCUT2D eigenvalue weighted by Gasteiger charge is -2.36. The molecule has 1 aromatic rings. The molecule has 3 fully saturated rings. The lowest BCUT2D eigenvalue weighted by molar-refractivity contribution is 0.165. The number of aromatic nitrogens is 2. The van der Waals surface area contributed by atoms with Crippen molar-refractivity contribution in [2.24, 2.45) is 5.92 Å². The van der Waals surface area contributed by atoms with Crippen molar-refractivity contribution in [1.82, 2.24) is 20.4 Å². The van der Waals surface area contributed by atoms with Crippen LogP contribution in [0.1, 0.15) is 50.6 Å². The van der Waals surface area contributed by atoms with E-state index in [0.29, 0.717) is 6.04 Å². The Hall–Kier alpha value is -1.85. The van der Waals surface area contributed by atoms with Crippen molar-refractivity contribution in [3.63, 3.8) is 0 Å². The maximum Gasteiger partial charge on any atom is 0.317 e. The van der Waals surface area contributed by atoms with E-state index in [1.165, 1.54) is 32.1 Å². The standard InChI is InChI=1S/C19H29N5O/c1-14-8-9-18(22-21-14)23-11-4-6-16(13-23)20-19(25)24-12-10-15-5-2-3-7-17(15)24/h8-9,15-17H,2-7,10-13H2,1H3,(H,20,25)/t15-,16?,17-/m1/s1. The summed E-state index contributed by atoms with van der Waals surface area (Å²) in [5.41, 5.74) is 0.932. The minimum atomic E-state index is 0.149. The number of fused-ring (bicyclic) bond motifs is 1. The Bertz CT molecular complexity index is 604. The fraction of sp³-hybridized carbons (Fsp3) is 0.737. The number of likely N-dealkylation sites (tertiary alicyclic amines) is 1. The first-order valence-electron chi connectivity index (χ1n) is 9.83. The minimum Gasteiger partial charge on any atom is -0.353 e. The third-order valence-corrected chi connectivity index (χ3v) is 6.13. The summed E-state index contributed by atoms with van der Waals surface area (Å²) < 4.78 is 0. The molecule has 2 saturated heterocycles. The topological polar surface area (TPSA) is 61.4 Å². The Morgan fingerprint density at radius 2 is 1.96 bits per heavy atom. The molecule has 0 spiro atoms. The van der Waals surface area contributed by atoms with Gasteiger partial charge in [-0.05, 0) is 57.1 Å². The molecule has 6 heteroatoms. The van der Waals surface area contributed by atoms with Crippen LogP contribution in [0.5, 0.6) is 0 Å². The molecular formula is C19H29N5O. The predicted octanol–water partition coefficient (Wildman–Crippen LogP) is 2.73. The summed E-state index contributed by atoms with van der Waals surface area (Å²) in [5, 5.41) is 11.8. The van der Waals surface area contributed by atoms with E-state index in [9.17, 15) is 4.79 Å². The molecule has 0 radical (unpaired) electrons. The third kappa shape index (κ3) is 3.58. The van der Waals surface area contributed by atoms with Crippen molar-refractivity contribution >= 4 is 11.8 Å². The van der Waals surface area contributed by atoms with Crippen LogP contribution in [0.25, 0.3) is 0 Å². The lowest BCUT2D eigenvalue weighted by atomic mass is 9.85. The Balaban J connectivity index is 1.35. The summed E-state index contributed by atoms with van der Waals surface area (Å²) >= 11 is 0. The summed E-state index contributed by atoms with van der Waals surface area (Å²) in [6.07, 6.45) is 8.41. The maximum atomic E-state index is 12.8. The fourth-order valence-corrected chi connectivity index (χ4v) is 4.78. The van der Waals surface area contributed by atoms with Gasteiger partial charge in [0.25, 0.3) is 0 Å². The molecular weight excluding hydrogens is 314 g/mol. The van der Waals surface area contributed by atoms with Gasteiger partial charge in [0, 0.05) is 31.7 Å². The van der Waals surface area contributed by atoms with E-state index in [1.807, 2.05) is 19.1 Å². The van der Waals surface area contributed by atoms with Gasteiger partial charge in [-0.15, -0.1) is 5.10 Å². The molecule has 1 aliphatic carbocycles. The highest BCUT2D eigenvalue weighted by molar-refractivity contribution is 5.75. The Morgan fingerprint density at radius 1 is 1.08 bits per heavy atom. The number of nitrogens with zero attached hydrogens (tertiary/aromatic N) is 4. The Kier molecular flexibility index (Phi) is 4.77. The van der Waals surface area contributed by atoms with E-state index < -0.39 is 0 Å². The molecule has 1 saturated carbocycles. The molecule has 1 aromatic heterocycles.